The molecule has 0 aromatic heterocycles. The predicted molar refractivity (Wildman–Crippen MR) is 61.4 cm³/mol. The summed E-state index contributed by atoms with van der Waals surface area (Å²) in [6, 6.07) is 0. The van der Waals surface area contributed by atoms with E-state index in [1.54, 1.807) is 11.9 Å². The second-order valence-electron chi connectivity index (χ2n) is 3.91. The first-order chi connectivity index (χ1) is 7.74. The molecule has 1 aliphatic heterocycles. The van der Waals surface area contributed by atoms with Gasteiger partial charge in [0.25, 0.3) is 0 Å². The van der Waals surface area contributed by atoms with E-state index < -0.39 is 0 Å². The molecular formula is C11H22N2O3. The third-order valence-corrected chi connectivity index (χ3v) is 2.61. The molecule has 1 heterocycles. The molecule has 1 rings (SSSR count). The average molecular weight is 230 g/mol. The van der Waals surface area contributed by atoms with Crippen LogP contribution in [0.5, 0.6) is 0 Å². The van der Waals surface area contributed by atoms with E-state index >= 15 is 0 Å². The molecule has 1 fully saturated rings. The summed E-state index contributed by atoms with van der Waals surface area (Å²) in [7, 11) is 1.80. The lowest BCUT2D eigenvalue weighted by Crippen LogP contribution is -2.42. The van der Waals surface area contributed by atoms with Gasteiger partial charge in [0.15, 0.2) is 0 Å². The number of rotatable bonds is 6. The van der Waals surface area contributed by atoms with Crippen molar-refractivity contribution in [1.29, 1.82) is 0 Å². The molecule has 5 nitrogen and oxygen atoms in total. The Morgan fingerprint density at radius 2 is 2.44 bits per heavy atom. The normalized spacial score (nSPS) is 20.8. The van der Waals surface area contributed by atoms with Crippen LogP contribution in [0.2, 0.25) is 0 Å². The van der Waals surface area contributed by atoms with Crippen LogP contribution in [-0.2, 0) is 14.3 Å². The zero-order chi connectivity index (χ0) is 11.8. The molecule has 1 aliphatic rings. The molecule has 1 saturated heterocycles. The van der Waals surface area contributed by atoms with Crippen LogP contribution >= 0.6 is 0 Å². The average Bonchev–Trinajstić information content (AvgIpc) is 2.30. The van der Waals surface area contributed by atoms with Crippen molar-refractivity contribution in [2.24, 2.45) is 0 Å². The van der Waals surface area contributed by atoms with Gasteiger partial charge in [-0.2, -0.15) is 0 Å². The van der Waals surface area contributed by atoms with Crippen molar-refractivity contribution < 1.29 is 14.3 Å². The fraction of sp³-hybridized carbons (Fsp3) is 0.909. The molecule has 0 spiro atoms. The Kier molecular flexibility index (Phi) is 6.37. The molecule has 0 aromatic carbocycles. The highest BCUT2D eigenvalue weighted by Crippen LogP contribution is 2.03. The smallest absolute Gasteiger partial charge is 0.225 e. The summed E-state index contributed by atoms with van der Waals surface area (Å²) in [6.45, 7) is 6.23. The van der Waals surface area contributed by atoms with Gasteiger partial charge in [-0.25, -0.2) is 0 Å². The van der Waals surface area contributed by atoms with Gasteiger partial charge in [-0.3, -0.25) is 4.79 Å². The van der Waals surface area contributed by atoms with Crippen LogP contribution < -0.4 is 5.32 Å². The molecule has 1 unspecified atom stereocenters. The molecule has 0 aliphatic carbocycles. The van der Waals surface area contributed by atoms with Crippen LogP contribution in [0.25, 0.3) is 0 Å². The Bertz CT molecular complexity index is 205. The zero-order valence-electron chi connectivity index (χ0n) is 10.2. The van der Waals surface area contributed by atoms with E-state index in [2.05, 4.69) is 5.32 Å². The molecule has 0 radical (unpaired) electrons. The SMILES string of the molecule is CCOCCN(C)C(=O)CC1CNCCO1. The Morgan fingerprint density at radius 1 is 1.62 bits per heavy atom. The van der Waals surface area contributed by atoms with E-state index in [-0.39, 0.29) is 12.0 Å². The maximum absolute atomic E-state index is 11.8. The lowest BCUT2D eigenvalue weighted by molar-refractivity contribution is -0.134. The molecule has 0 bridgehead atoms. The van der Waals surface area contributed by atoms with Crippen LogP contribution in [0.3, 0.4) is 0 Å². The van der Waals surface area contributed by atoms with Gasteiger partial charge in [0.05, 0.1) is 25.7 Å². The zero-order valence-corrected chi connectivity index (χ0v) is 10.2. The van der Waals surface area contributed by atoms with Crippen LogP contribution in [-0.4, -0.2) is 63.4 Å². The van der Waals surface area contributed by atoms with E-state index in [0.717, 1.165) is 13.1 Å². The van der Waals surface area contributed by atoms with Crippen molar-refractivity contribution in [2.75, 3.05) is 46.5 Å². The van der Waals surface area contributed by atoms with Crippen LogP contribution in [0.15, 0.2) is 0 Å². The molecule has 0 saturated carbocycles. The summed E-state index contributed by atoms with van der Waals surface area (Å²) in [6.07, 6.45) is 0.478. The van der Waals surface area contributed by atoms with Gasteiger partial charge in [0, 0.05) is 33.3 Å². The minimum absolute atomic E-state index is 0.0239. The number of nitrogens with one attached hydrogen (secondary N) is 1. The summed E-state index contributed by atoms with van der Waals surface area (Å²) >= 11 is 0. The van der Waals surface area contributed by atoms with Gasteiger partial charge in [0.1, 0.15) is 0 Å². The Labute approximate surface area is 97.1 Å². The second kappa shape index (κ2) is 7.60. The molecule has 0 aromatic rings. The largest absolute Gasteiger partial charge is 0.380 e. The maximum Gasteiger partial charge on any atom is 0.225 e. The van der Waals surface area contributed by atoms with Crippen molar-refractivity contribution in [3.05, 3.63) is 0 Å². The van der Waals surface area contributed by atoms with E-state index in [4.69, 9.17) is 9.47 Å². The summed E-state index contributed by atoms with van der Waals surface area (Å²) in [5.41, 5.74) is 0. The van der Waals surface area contributed by atoms with Crippen molar-refractivity contribution in [2.45, 2.75) is 19.4 Å². The number of hydrogen-bond donors (Lipinski definition) is 1. The number of likely N-dealkylation sites (N-methyl/N-ethyl adjacent to an activating group) is 1. The molecule has 1 amide bonds. The maximum atomic E-state index is 11.8. The van der Waals surface area contributed by atoms with Gasteiger partial charge in [0.2, 0.25) is 5.91 Å². The van der Waals surface area contributed by atoms with E-state index in [0.29, 0.717) is 32.8 Å². The number of nitrogens with zero attached hydrogens (tertiary/aromatic N) is 1. The highest BCUT2D eigenvalue weighted by molar-refractivity contribution is 5.76. The minimum atomic E-state index is 0.0239. The van der Waals surface area contributed by atoms with Gasteiger partial charge in [-0.05, 0) is 6.92 Å². The van der Waals surface area contributed by atoms with Gasteiger partial charge in [-0.1, -0.05) is 0 Å². The molecule has 94 valence electrons. The number of ether oxygens (including phenoxy) is 2. The predicted octanol–water partition coefficient (Wildman–Crippen LogP) is -0.140. The first kappa shape index (κ1) is 13.4. The van der Waals surface area contributed by atoms with Crippen LogP contribution in [0.1, 0.15) is 13.3 Å². The third-order valence-electron chi connectivity index (χ3n) is 2.61. The Morgan fingerprint density at radius 3 is 3.06 bits per heavy atom. The lowest BCUT2D eigenvalue weighted by Gasteiger charge is -2.25. The number of morpholine rings is 1. The van der Waals surface area contributed by atoms with Crippen LogP contribution in [0, 0.1) is 0 Å². The first-order valence-electron chi connectivity index (χ1n) is 5.88. The fourth-order valence-electron chi connectivity index (χ4n) is 1.57. The van der Waals surface area contributed by atoms with E-state index in [1.165, 1.54) is 0 Å². The number of amides is 1. The van der Waals surface area contributed by atoms with Crippen LogP contribution in [0.4, 0.5) is 0 Å². The van der Waals surface area contributed by atoms with Crippen molar-refractivity contribution in [1.82, 2.24) is 10.2 Å². The van der Waals surface area contributed by atoms with Crippen molar-refractivity contribution >= 4 is 5.91 Å². The molecule has 1 atom stereocenters. The molecule has 1 N–H and O–H groups in total. The number of hydrogen-bond acceptors (Lipinski definition) is 4. The van der Waals surface area contributed by atoms with Crippen molar-refractivity contribution in [3.8, 4) is 0 Å². The van der Waals surface area contributed by atoms with Gasteiger partial charge in [-0.15, -0.1) is 0 Å². The lowest BCUT2D eigenvalue weighted by atomic mass is 10.2. The number of carbonyl (C=O) groups is 1. The molecule has 5 heteroatoms. The standard InChI is InChI=1S/C11H22N2O3/c1-3-15-7-5-13(2)11(14)8-10-9-12-4-6-16-10/h10,12H,3-9H2,1-2H3. The Balaban J connectivity index is 2.16. The topological polar surface area (TPSA) is 50.8 Å². The van der Waals surface area contributed by atoms with Gasteiger partial charge < -0.3 is 19.7 Å². The van der Waals surface area contributed by atoms with E-state index in [9.17, 15) is 4.79 Å². The summed E-state index contributed by atoms with van der Waals surface area (Å²) in [5.74, 6) is 0.119. The highest BCUT2D eigenvalue weighted by Gasteiger charge is 2.19. The van der Waals surface area contributed by atoms with E-state index in [1.807, 2.05) is 6.92 Å². The van der Waals surface area contributed by atoms with Crippen molar-refractivity contribution in [3.63, 3.8) is 0 Å². The molecule has 16 heavy (non-hydrogen) atoms. The highest BCUT2D eigenvalue weighted by atomic mass is 16.5. The van der Waals surface area contributed by atoms with Gasteiger partial charge >= 0.3 is 0 Å². The summed E-state index contributed by atoms with van der Waals surface area (Å²) < 4.78 is 10.7. The molecular weight excluding hydrogens is 208 g/mol. The summed E-state index contributed by atoms with van der Waals surface area (Å²) in [5, 5.41) is 3.21. The number of carbonyl (C=O) groups excluding carboxylic acids is 1. The Hall–Kier alpha value is -0.650. The monoisotopic (exact) mass is 230 g/mol. The quantitative estimate of drug-likeness (QED) is 0.645. The summed E-state index contributed by atoms with van der Waals surface area (Å²) in [4.78, 5) is 13.5. The first-order valence-corrected chi connectivity index (χ1v) is 5.88. The third kappa shape index (κ3) is 4.92. The fourth-order valence-corrected chi connectivity index (χ4v) is 1.57. The second-order valence-corrected chi connectivity index (χ2v) is 3.91. The minimum Gasteiger partial charge on any atom is -0.380 e.